The minimum atomic E-state index is -0.452. The highest BCUT2D eigenvalue weighted by molar-refractivity contribution is 9.10. The summed E-state index contributed by atoms with van der Waals surface area (Å²) in [6, 6.07) is 22.3. The van der Waals surface area contributed by atoms with Crippen LogP contribution < -0.4 is 14.8 Å². The van der Waals surface area contributed by atoms with Gasteiger partial charge in [-0.25, -0.2) is 0 Å². The third kappa shape index (κ3) is 6.63. The maximum absolute atomic E-state index is 12.7. The molecule has 0 heterocycles. The Balaban J connectivity index is 1.83. The molecule has 174 valence electrons. The van der Waals surface area contributed by atoms with Gasteiger partial charge in [0.25, 0.3) is 5.91 Å². The number of rotatable bonds is 9. The zero-order chi connectivity index (χ0) is 24.5. The SMILES string of the molecule is CCOc1cc(/C=C(/C#N)C(=O)N[C@H](C)c2ccccc2)cc(Br)c1OCc1ccccc1Cl. The van der Waals surface area contributed by atoms with Crippen LogP contribution in [-0.2, 0) is 11.4 Å². The Bertz CT molecular complexity index is 1220. The van der Waals surface area contributed by atoms with Crippen molar-refractivity contribution in [2.24, 2.45) is 0 Å². The van der Waals surface area contributed by atoms with Crippen molar-refractivity contribution >= 4 is 39.5 Å². The first-order valence-corrected chi connectivity index (χ1v) is 11.9. The Labute approximate surface area is 213 Å². The smallest absolute Gasteiger partial charge is 0.262 e. The summed E-state index contributed by atoms with van der Waals surface area (Å²) in [6.07, 6.45) is 1.53. The Morgan fingerprint density at radius 3 is 2.53 bits per heavy atom. The van der Waals surface area contributed by atoms with E-state index in [0.717, 1.165) is 11.1 Å². The molecule has 0 aromatic heterocycles. The van der Waals surface area contributed by atoms with E-state index in [2.05, 4.69) is 21.2 Å². The lowest BCUT2D eigenvalue weighted by molar-refractivity contribution is -0.117. The highest BCUT2D eigenvalue weighted by atomic mass is 79.9. The number of hydrogen-bond donors (Lipinski definition) is 1. The molecule has 3 aromatic rings. The fraction of sp³-hybridized carbons (Fsp3) is 0.185. The van der Waals surface area contributed by atoms with Gasteiger partial charge in [-0.1, -0.05) is 60.1 Å². The van der Waals surface area contributed by atoms with Crippen molar-refractivity contribution < 1.29 is 14.3 Å². The second kappa shape index (κ2) is 12.3. The number of nitrogens with one attached hydrogen (secondary N) is 1. The minimum absolute atomic E-state index is 0.0122. The van der Waals surface area contributed by atoms with E-state index in [4.69, 9.17) is 21.1 Å². The topological polar surface area (TPSA) is 71.3 Å². The van der Waals surface area contributed by atoms with Gasteiger partial charge in [-0.2, -0.15) is 5.26 Å². The van der Waals surface area contributed by atoms with Gasteiger partial charge in [0.2, 0.25) is 0 Å². The van der Waals surface area contributed by atoms with Crippen LogP contribution in [-0.4, -0.2) is 12.5 Å². The summed E-state index contributed by atoms with van der Waals surface area (Å²) in [5, 5.41) is 13.1. The molecule has 1 N–H and O–H groups in total. The molecular formula is C27H24BrClN2O3. The van der Waals surface area contributed by atoms with Gasteiger partial charge in [-0.15, -0.1) is 0 Å². The molecule has 0 saturated carbocycles. The summed E-state index contributed by atoms with van der Waals surface area (Å²) in [6.45, 7) is 4.42. The molecule has 3 aromatic carbocycles. The van der Waals surface area contributed by atoms with Crippen molar-refractivity contribution in [3.63, 3.8) is 0 Å². The molecule has 0 spiro atoms. The number of nitriles is 1. The van der Waals surface area contributed by atoms with Gasteiger partial charge in [0.15, 0.2) is 11.5 Å². The zero-order valence-electron chi connectivity index (χ0n) is 18.8. The molecule has 5 nitrogen and oxygen atoms in total. The lowest BCUT2D eigenvalue weighted by Gasteiger charge is -2.16. The number of benzene rings is 3. The quantitative estimate of drug-likeness (QED) is 0.238. The molecule has 3 rings (SSSR count). The fourth-order valence-electron chi connectivity index (χ4n) is 3.25. The van der Waals surface area contributed by atoms with Crippen molar-refractivity contribution in [1.82, 2.24) is 5.32 Å². The van der Waals surface area contributed by atoms with Gasteiger partial charge in [-0.3, -0.25) is 4.79 Å². The molecule has 0 aliphatic carbocycles. The van der Waals surface area contributed by atoms with Crippen molar-refractivity contribution in [2.75, 3.05) is 6.61 Å². The van der Waals surface area contributed by atoms with Crippen LogP contribution in [0.5, 0.6) is 11.5 Å². The number of nitrogens with zero attached hydrogens (tertiary/aromatic N) is 1. The number of halogens is 2. The lowest BCUT2D eigenvalue weighted by atomic mass is 10.1. The maximum Gasteiger partial charge on any atom is 0.262 e. The number of carbonyl (C=O) groups excluding carboxylic acids is 1. The Kier molecular flexibility index (Phi) is 9.15. The molecule has 0 aliphatic heterocycles. The first-order valence-electron chi connectivity index (χ1n) is 10.7. The van der Waals surface area contributed by atoms with Crippen LogP contribution in [0.4, 0.5) is 0 Å². The molecule has 0 fully saturated rings. The van der Waals surface area contributed by atoms with Crippen molar-refractivity contribution in [2.45, 2.75) is 26.5 Å². The number of hydrogen-bond acceptors (Lipinski definition) is 4. The van der Waals surface area contributed by atoms with E-state index < -0.39 is 5.91 Å². The predicted octanol–water partition coefficient (Wildman–Crippen LogP) is 6.86. The Hall–Kier alpha value is -3.27. The molecule has 0 bridgehead atoms. The molecule has 0 unspecified atom stereocenters. The van der Waals surface area contributed by atoms with Crippen molar-refractivity contribution in [1.29, 1.82) is 5.26 Å². The van der Waals surface area contributed by atoms with E-state index in [1.807, 2.05) is 68.4 Å². The van der Waals surface area contributed by atoms with E-state index in [1.165, 1.54) is 6.08 Å². The second-order valence-corrected chi connectivity index (χ2v) is 8.68. The average molecular weight is 540 g/mol. The first-order chi connectivity index (χ1) is 16.4. The molecule has 34 heavy (non-hydrogen) atoms. The van der Waals surface area contributed by atoms with Gasteiger partial charge >= 0.3 is 0 Å². The van der Waals surface area contributed by atoms with Crippen LogP contribution in [0.1, 0.15) is 36.6 Å². The minimum Gasteiger partial charge on any atom is -0.490 e. The summed E-state index contributed by atoms with van der Waals surface area (Å²) in [5.41, 5.74) is 2.41. The van der Waals surface area contributed by atoms with Crippen LogP contribution in [0, 0.1) is 11.3 Å². The van der Waals surface area contributed by atoms with Crippen molar-refractivity contribution in [3.8, 4) is 17.6 Å². The Morgan fingerprint density at radius 2 is 1.85 bits per heavy atom. The van der Waals surface area contributed by atoms with Crippen LogP contribution >= 0.6 is 27.5 Å². The highest BCUT2D eigenvalue weighted by Gasteiger charge is 2.16. The van der Waals surface area contributed by atoms with E-state index in [0.29, 0.717) is 33.2 Å². The monoisotopic (exact) mass is 538 g/mol. The third-order valence-corrected chi connectivity index (χ3v) is 5.94. The summed E-state index contributed by atoms with van der Waals surface area (Å²) >= 11 is 9.76. The fourth-order valence-corrected chi connectivity index (χ4v) is 4.02. The van der Waals surface area contributed by atoms with E-state index in [-0.39, 0.29) is 18.2 Å². The summed E-state index contributed by atoms with van der Waals surface area (Å²) < 4.78 is 12.4. The average Bonchev–Trinajstić information content (AvgIpc) is 2.83. The third-order valence-electron chi connectivity index (χ3n) is 4.98. The van der Waals surface area contributed by atoms with E-state index >= 15 is 0 Å². The second-order valence-electron chi connectivity index (χ2n) is 7.42. The van der Waals surface area contributed by atoms with E-state index in [1.54, 1.807) is 18.2 Å². The van der Waals surface area contributed by atoms with Gasteiger partial charge in [0, 0.05) is 10.6 Å². The standard InChI is InChI=1S/C27H24BrClN2O3/c1-3-33-25-15-19(14-23(28)26(25)34-17-21-11-7-8-12-24(21)29)13-22(16-30)27(32)31-18(2)20-9-5-4-6-10-20/h4-15,18H,3,17H2,1-2H3,(H,31,32)/b22-13-/t18-/m1/s1. The summed E-state index contributed by atoms with van der Waals surface area (Å²) in [7, 11) is 0. The van der Waals surface area contributed by atoms with Gasteiger partial charge in [0.1, 0.15) is 18.2 Å². The number of ether oxygens (including phenoxy) is 2. The van der Waals surface area contributed by atoms with Crippen molar-refractivity contribution in [3.05, 3.63) is 98.5 Å². The van der Waals surface area contributed by atoms with Crippen LogP contribution in [0.3, 0.4) is 0 Å². The lowest BCUT2D eigenvalue weighted by Crippen LogP contribution is -2.27. The highest BCUT2D eigenvalue weighted by Crippen LogP contribution is 2.38. The molecule has 0 aliphatic rings. The van der Waals surface area contributed by atoms with Gasteiger partial charge < -0.3 is 14.8 Å². The van der Waals surface area contributed by atoms with Gasteiger partial charge in [0.05, 0.1) is 17.1 Å². The molecule has 0 saturated heterocycles. The predicted molar refractivity (Wildman–Crippen MR) is 138 cm³/mol. The molecule has 7 heteroatoms. The normalized spacial score (nSPS) is 11.9. The van der Waals surface area contributed by atoms with E-state index in [9.17, 15) is 10.1 Å². The summed E-state index contributed by atoms with van der Waals surface area (Å²) in [5.74, 6) is 0.553. The van der Waals surface area contributed by atoms with Crippen LogP contribution in [0.2, 0.25) is 5.02 Å². The zero-order valence-corrected chi connectivity index (χ0v) is 21.2. The Morgan fingerprint density at radius 1 is 1.15 bits per heavy atom. The largest absolute Gasteiger partial charge is 0.490 e. The first kappa shape index (κ1) is 25.4. The molecule has 0 radical (unpaired) electrons. The summed E-state index contributed by atoms with van der Waals surface area (Å²) in [4.78, 5) is 12.7. The van der Waals surface area contributed by atoms with Crippen LogP contribution in [0.25, 0.3) is 6.08 Å². The number of amides is 1. The number of carbonyl (C=O) groups is 1. The van der Waals surface area contributed by atoms with Gasteiger partial charge in [-0.05, 0) is 65.2 Å². The maximum atomic E-state index is 12.7. The molecule has 1 atom stereocenters. The molecular weight excluding hydrogens is 516 g/mol. The molecule has 1 amide bonds. The van der Waals surface area contributed by atoms with Crippen LogP contribution in [0.15, 0.2) is 76.8 Å².